The summed E-state index contributed by atoms with van der Waals surface area (Å²) in [5, 5.41) is 8.85. The molecule has 0 aromatic carbocycles. The Bertz CT molecular complexity index is 331. The van der Waals surface area contributed by atoms with Crippen LogP contribution < -0.4 is 0 Å². The van der Waals surface area contributed by atoms with E-state index in [2.05, 4.69) is 27.7 Å². The Hall–Kier alpha value is -1.06. The molecule has 0 atom stereocenters. The topological polar surface area (TPSA) is 57.6 Å². The number of hydrogen-bond donors (Lipinski definition) is 1. The van der Waals surface area contributed by atoms with Crippen molar-refractivity contribution >= 4 is 11.9 Å². The van der Waals surface area contributed by atoms with Crippen molar-refractivity contribution in [3.8, 4) is 0 Å². The number of aliphatic carboxylic acids is 1. The van der Waals surface area contributed by atoms with E-state index in [9.17, 15) is 9.59 Å². The monoisotopic (exact) mass is 241 g/mol. The summed E-state index contributed by atoms with van der Waals surface area (Å²) < 4.78 is 0. The summed E-state index contributed by atoms with van der Waals surface area (Å²) in [6.45, 7) is 11.7. The van der Waals surface area contributed by atoms with Crippen molar-refractivity contribution in [3.63, 3.8) is 0 Å². The van der Waals surface area contributed by atoms with Gasteiger partial charge in [-0.2, -0.15) is 0 Å². The van der Waals surface area contributed by atoms with Crippen LogP contribution in [0.5, 0.6) is 0 Å². The zero-order valence-corrected chi connectivity index (χ0v) is 11.6. The number of nitrogens with zero attached hydrogens (tertiary/aromatic N) is 1. The molecule has 0 bridgehead atoms. The minimum Gasteiger partial charge on any atom is -0.480 e. The van der Waals surface area contributed by atoms with Gasteiger partial charge in [-0.15, -0.1) is 0 Å². The van der Waals surface area contributed by atoms with E-state index in [1.54, 1.807) is 0 Å². The van der Waals surface area contributed by atoms with Crippen LogP contribution in [0.2, 0.25) is 0 Å². The molecule has 1 N–H and O–H groups in total. The average molecular weight is 241 g/mol. The van der Waals surface area contributed by atoms with Crippen LogP contribution >= 0.6 is 0 Å². The summed E-state index contributed by atoms with van der Waals surface area (Å²) in [6, 6.07) is -0.0780. The SMILES string of the molecule is CC(C)N(CC(=O)O)C(=O)C1C(C)(C)C1(C)C. The lowest BCUT2D eigenvalue weighted by Gasteiger charge is -2.26. The summed E-state index contributed by atoms with van der Waals surface area (Å²) in [5.41, 5.74) is -0.0918. The van der Waals surface area contributed by atoms with E-state index in [0.717, 1.165) is 0 Å². The first-order valence-corrected chi connectivity index (χ1v) is 6.05. The van der Waals surface area contributed by atoms with Crippen molar-refractivity contribution in [2.24, 2.45) is 16.7 Å². The molecule has 98 valence electrons. The van der Waals surface area contributed by atoms with Gasteiger partial charge >= 0.3 is 5.97 Å². The number of carbonyl (C=O) groups is 2. The fourth-order valence-corrected chi connectivity index (χ4v) is 2.64. The largest absolute Gasteiger partial charge is 0.480 e. The third-order valence-electron chi connectivity index (χ3n) is 4.48. The van der Waals surface area contributed by atoms with Gasteiger partial charge in [-0.3, -0.25) is 9.59 Å². The molecule has 1 aliphatic rings. The van der Waals surface area contributed by atoms with E-state index in [1.807, 2.05) is 13.8 Å². The predicted molar refractivity (Wildman–Crippen MR) is 65.5 cm³/mol. The molecule has 4 heteroatoms. The van der Waals surface area contributed by atoms with Gasteiger partial charge in [0.1, 0.15) is 6.54 Å². The second kappa shape index (κ2) is 4.00. The highest BCUT2D eigenvalue weighted by Gasteiger charge is 2.68. The van der Waals surface area contributed by atoms with E-state index >= 15 is 0 Å². The Morgan fingerprint density at radius 3 is 1.82 bits per heavy atom. The Kier molecular flexibility index (Phi) is 3.29. The maximum Gasteiger partial charge on any atom is 0.323 e. The molecule has 0 aromatic heterocycles. The number of rotatable bonds is 4. The molecule has 17 heavy (non-hydrogen) atoms. The van der Waals surface area contributed by atoms with Gasteiger partial charge in [-0.05, 0) is 24.7 Å². The minimum atomic E-state index is -0.955. The fraction of sp³-hybridized carbons (Fsp3) is 0.846. The van der Waals surface area contributed by atoms with E-state index in [1.165, 1.54) is 4.90 Å². The van der Waals surface area contributed by atoms with E-state index in [-0.39, 0.29) is 35.2 Å². The van der Waals surface area contributed by atoms with Gasteiger partial charge in [0.05, 0.1) is 0 Å². The van der Waals surface area contributed by atoms with Crippen LogP contribution in [0.3, 0.4) is 0 Å². The molecule has 1 saturated carbocycles. The number of carboxylic acids is 1. The highest BCUT2D eigenvalue weighted by molar-refractivity contribution is 5.87. The molecule has 0 heterocycles. The highest BCUT2D eigenvalue weighted by atomic mass is 16.4. The van der Waals surface area contributed by atoms with Crippen LogP contribution in [-0.4, -0.2) is 34.5 Å². The van der Waals surface area contributed by atoms with Gasteiger partial charge in [0.25, 0.3) is 0 Å². The Balaban J connectivity index is 2.85. The minimum absolute atomic E-state index is 0.0302. The number of amides is 1. The normalized spacial score (nSPS) is 21.4. The molecule has 4 nitrogen and oxygen atoms in total. The van der Waals surface area contributed by atoms with Crippen LogP contribution in [0.1, 0.15) is 41.5 Å². The molecular formula is C13H23NO3. The average Bonchev–Trinajstić information content (AvgIpc) is 2.52. The quantitative estimate of drug-likeness (QED) is 0.819. The molecule has 1 aliphatic carbocycles. The van der Waals surface area contributed by atoms with E-state index in [0.29, 0.717) is 0 Å². The summed E-state index contributed by atoms with van der Waals surface area (Å²) in [6.07, 6.45) is 0. The molecule has 0 radical (unpaired) electrons. The second-order valence-electron chi connectivity index (χ2n) is 6.33. The lowest BCUT2D eigenvalue weighted by Crippen LogP contribution is -2.42. The van der Waals surface area contributed by atoms with Gasteiger partial charge in [-0.25, -0.2) is 0 Å². The van der Waals surface area contributed by atoms with Gasteiger partial charge in [0.15, 0.2) is 0 Å². The van der Waals surface area contributed by atoms with Crippen molar-refractivity contribution < 1.29 is 14.7 Å². The Morgan fingerprint density at radius 1 is 1.18 bits per heavy atom. The summed E-state index contributed by atoms with van der Waals surface area (Å²) in [5.74, 6) is -1.06. The lowest BCUT2D eigenvalue weighted by atomic mass is 10.0. The smallest absolute Gasteiger partial charge is 0.323 e. The molecule has 0 aliphatic heterocycles. The van der Waals surface area contributed by atoms with Crippen molar-refractivity contribution in [1.29, 1.82) is 0 Å². The highest BCUT2D eigenvalue weighted by Crippen LogP contribution is 2.68. The van der Waals surface area contributed by atoms with Crippen molar-refractivity contribution in [2.75, 3.05) is 6.54 Å². The maximum atomic E-state index is 12.4. The Morgan fingerprint density at radius 2 is 1.59 bits per heavy atom. The first kappa shape index (κ1) is 14.0. The summed E-state index contributed by atoms with van der Waals surface area (Å²) in [4.78, 5) is 24.6. The van der Waals surface area contributed by atoms with Gasteiger partial charge in [-0.1, -0.05) is 27.7 Å². The van der Waals surface area contributed by atoms with Crippen molar-refractivity contribution in [2.45, 2.75) is 47.6 Å². The Labute approximate surface area is 103 Å². The van der Waals surface area contributed by atoms with Gasteiger partial charge in [0, 0.05) is 12.0 Å². The summed E-state index contributed by atoms with van der Waals surface area (Å²) in [7, 11) is 0. The van der Waals surface area contributed by atoms with Crippen LogP contribution in [0, 0.1) is 16.7 Å². The molecule has 0 aromatic rings. The molecule has 1 fully saturated rings. The molecule has 0 unspecified atom stereocenters. The number of carboxylic acid groups (broad SMARTS) is 1. The first-order chi connectivity index (χ1) is 7.53. The number of carbonyl (C=O) groups excluding carboxylic acids is 1. The standard InChI is InChI=1S/C13H23NO3/c1-8(2)14(7-9(15)16)11(17)10-12(3,4)13(10,5)6/h8,10H,7H2,1-6H3,(H,15,16). The van der Waals surface area contributed by atoms with Gasteiger partial charge < -0.3 is 10.0 Å². The molecule has 1 rings (SSSR count). The maximum absolute atomic E-state index is 12.4. The first-order valence-electron chi connectivity index (χ1n) is 6.05. The van der Waals surface area contributed by atoms with E-state index in [4.69, 9.17) is 5.11 Å². The third-order valence-corrected chi connectivity index (χ3v) is 4.48. The second-order valence-corrected chi connectivity index (χ2v) is 6.33. The molecule has 1 amide bonds. The van der Waals surface area contributed by atoms with Crippen LogP contribution in [0.4, 0.5) is 0 Å². The molecule has 0 saturated heterocycles. The molecule has 0 spiro atoms. The van der Waals surface area contributed by atoms with Crippen LogP contribution in [-0.2, 0) is 9.59 Å². The third kappa shape index (κ3) is 2.17. The zero-order valence-electron chi connectivity index (χ0n) is 11.6. The predicted octanol–water partition coefficient (Wildman–Crippen LogP) is 1.99. The zero-order chi connectivity index (χ0) is 13.6. The number of hydrogen-bond acceptors (Lipinski definition) is 2. The fourth-order valence-electron chi connectivity index (χ4n) is 2.64. The van der Waals surface area contributed by atoms with Crippen molar-refractivity contribution in [3.05, 3.63) is 0 Å². The van der Waals surface area contributed by atoms with Crippen LogP contribution in [0.15, 0.2) is 0 Å². The van der Waals surface area contributed by atoms with E-state index < -0.39 is 5.97 Å². The lowest BCUT2D eigenvalue weighted by molar-refractivity contribution is -0.147. The van der Waals surface area contributed by atoms with Gasteiger partial charge in [0.2, 0.25) is 5.91 Å². The van der Waals surface area contributed by atoms with Crippen LogP contribution in [0.25, 0.3) is 0 Å². The van der Waals surface area contributed by atoms with Crippen molar-refractivity contribution in [1.82, 2.24) is 4.90 Å². The molecular weight excluding hydrogens is 218 g/mol. The summed E-state index contributed by atoms with van der Waals surface area (Å²) >= 11 is 0.